The van der Waals surface area contributed by atoms with Crippen LogP contribution in [0.2, 0.25) is 0 Å². The van der Waals surface area contributed by atoms with Crippen molar-refractivity contribution in [1.82, 2.24) is 4.90 Å². The molecule has 0 aliphatic rings. The van der Waals surface area contributed by atoms with Crippen LogP contribution in [-0.2, 0) is 4.79 Å². The number of nitrogens with zero attached hydrogens (tertiary/aromatic N) is 1. The Bertz CT molecular complexity index is 220. The van der Waals surface area contributed by atoms with Gasteiger partial charge in [-0.25, -0.2) is 0 Å². The molecule has 3 heteroatoms. The number of carbonyl (C=O) groups excluding carboxylic acids is 1. The molecule has 0 bridgehead atoms. The van der Waals surface area contributed by atoms with E-state index in [9.17, 15) is 4.79 Å². The maximum absolute atomic E-state index is 12.0. The highest BCUT2D eigenvalue weighted by Gasteiger charge is 2.29. The summed E-state index contributed by atoms with van der Waals surface area (Å²) in [5, 5.41) is 0. The fourth-order valence-electron chi connectivity index (χ4n) is 1.58. The molecule has 3 nitrogen and oxygen atoms in total. The summed E-state index contributed by atoms with van der Waals surface area (Å²) >= 11 is 0. The predicted octanol–water partition coefficient (Wildman–Crippen LogP) is 2.40. The van der Waals surface area contributed by atoms with Crippen LogP contribution in [0.15, 0.2) is 0 Å². The second-order valence-electron chi connectivity index (χ2n) is 5.74. The lowest BCUT2D eigenvalue weighted by Gasteiger charge is -2.36. The van der Waals surface area contributed by atoms with Crippen LogP contribution in [0.4, 0.5) is 0 Å². The summed E-state index contributed by atoms with van der Waals surface area (Å²) in [6.45, 7) is 10.6. The zero-order valence-electron chi connectivity index (χ0n) is 11.7. The Morgan fingerprint density at radius 2 is 1.88 bits per heavy atom. The molecule has 16 heavy (non-hydrogen) atoms. The molecule has 0 aliphatic carbocycles. The van der Waals surface area contributed by atoms with Crippen molar-refractivity contribution in [2.45, 2.75) is 66.0 Å². The summed E-state index contributed by atoms with van der Waals surface area (Å²) in [7, 11) is 1.85. The minimum Gasteiger partial charge on any atom is -0.341 e. The molecule has 0 spiro atoms. The molecular formula is C13H28N2O. The van der Waals surface area contributed by atoms with Gasteiger partial charge in [0.15, 0.2) is 0 Å². The van der Waals surface area contributed by atoms with Crippen molar-refractivity contribution in [3.63, 3.8) is 0 Å². The van der Waals surface area contributed by atoms with Crippen molar-refractivity contribution < 1.29 is 4.79 Å². The van der Waals surface area contributed by atoms with Crippen molar-refractivity contribution in [3.05, 3.63) is 0 Å². The first-order valence-electron chi connectivity index (χ1n) is 6.24. The minimum absolute atomic E-state index is 0.0656. The summed E-state index contributed by atoms with van der Waals surface area (Å²) in [4.78, 5) is 13.8. The summed E-state index contributed by atoms with van der Waals surface area (Å²) in [6.07, 6.45) is 2.89. The number of amides is 1. The van der Waals surface area contributed by atoms with Gasteiger partial charge < -0.3 is 10.6 Å². The van der Waals surface area contributed by atoms with Gasteiger partial charge in [-0.2, -0.15) is 0 Å². The lowest BCUT2D eigenvalue weighted by Crippen LogP contribution is -2.49. The van der Waals surface area contributed by atoms with E-state index in [-0.39, 0.29) is 23.4 Å². The molecule has 0 rings (SSSR count). The van der Waals surface area contributed by atoms with Crippen LogP contribution in [0.25, 0.3) is 0 Å². The SMILES string of the molecule is CCCC[C@H](N)C(=O)N(C)C(C)C(C)(C)C. The van der Waals surface area contributed by atoms with E-state index in [2.05, 4.69) is 34.6 Å². The third kappa shape index (κ3) is 4.52. The van der Waals surface area contributed by atoms with E-state index >= 15 is 0 Å². The highest BCUT2D eigenvalue weighted by molar-refractivity contribution is 5.81. The quantitative estimate of drug-likeness (QED) is 0.785. The van der Waals surface area contributed by atoms with Gasteiger partial charge in [0, 0.05) is 13.1 Å². The summed E-state index contributed by atoms with van der Waals surface area (Å²) in [5.41, 5.74) is 5.99. The Morgan fingerprint density at radius 3 is 2.25 bits per heavy atom. The van der Waals surface area contributed by atoms with Crippen molar-refractivity contribution in [2.75, 3.05) is 7.05 Å². The molecule has 0 heterocycles. The zero-order valence-corrected chi connectivity index (χ0v) is 11.7. The van der Waals surface area contributed by atoms with Gasteiger partial charge in [-0.15, -0.1) is 0 Å². The van der Waals surface area contributed by atoms with Gasteiger partial charge >= 0.3 is 0 Å². The average Bonchev–Trinajstić information content (AvgIpc) is 2.21. The molecule has 1 amide bonds. The lowest BCUT2D eigenvalue weighted by atomic mass is 9.87. The number of likely N-dealkylation sites (N-methyl/N-ethyl adjacent to an activating group) is 1. The molecule has 0 saturated carbocycles. The van der Waals surface area contributed by atoms with E-state index in [0.717, 1.165) is 19.3 Å². The van der Waals surface area contributed by atoms with E-state index in [1.54, 1.807) is 4.90 Å². The molecular weight excluding hydrogens is 200 g/mol. The Morgan fingerprint density at radius 1 is 1.38 bits per heavy atom. The maximum Gasteiger partial charge on any atom is 0.239 e. The van der Waals surface area contributed by atoms with Crippen molar-refractivity contribution in [1.29, 1.82) is 0 Å². The number of nitrogens with two attached hydrogens (primary N) is 1. The smallest absolute Gasteiger partial charge is 0.239 e. The summed E-state index contributed by atoms with van der Waals surface area (Å²) < 4.78 is 0. The maximum atomic E-state index is 12.0. The number of unbranched alkanes of at least 4 members (excludes halogenated alkanes) is 1. The van der Waals surface area contributed by atoms with Crippen LogP contribution in [0, 0.1) is 5.41 Å². The van der Waals surface area contributed by atoms with Crippen LogP contribution >= 0.6 is 0 Å². The highest BCUT2D eigenvalue weighted by Crippen LogP contribution is 2.23. The summed E-state index contributed by atoms with van der Waals surface area (Å²) in [6, 6.07) is -0.137. The number of carbonyl (C=O) groups is 1. The zero-order chi connectivity index (χ0) is 12.9. The van der Waals surface area contributed by atoms with Crippen LogP contribution in [0.3, 0.4) is 0 Å². The lowest BCUT2D eigenvalue weighted by molar-refractivity contribution is -0.135. The molecule has 2 atom stereocenters. The van der Waals surface area contributed by atoms with Gasteiger partial charge in [0.1, 0.15) is 0 Å². The van der Waals surface area contributed by atoms with Crippen molar-refractivity contribution >= 4 is 5.91 Å². The molecule has 0 fully saturated rings. The number of hydrogen-bond donors (Lipinski definition) is 1. The molecule has 0 aromatic carbocycles. The minimum atomic E-state index is -0.338. The van der Waals surface area contributed by atoms with Crippen LogP contribution in [0.1, 0.15) is 53.9 Å². The fraction of sp³-hybridized carbons (Fsp3) is 0.923. The third-order valence-electron chi connectivity index (χ3n) is 3.37. The third-order valence-corrected chi connectivity index (χ3v) is 3.37. The Hall–Kier alpha value is -0.570. The van der Waals surface area contributed by atoms with Crippen molar-refractivity contribution in [3.8, 4) is 0 Å². The highest BCUT2D eigenvalue weighted by atomic mass is 16.2. The van der Waals surface area contributed by atoms with Gasteiger partial charge in [-0.1, -0.05) is 40.5 Å². The van der Waals surface area contributed by atoms with E-state index in [1.165, 1.54) is 0 Å². The van der Waals surface area contributed by atoms with Gasteiger partial charge in [-0.05, 0) is 18.8 Å². The monoisotopic (exact) mass is 228 g/mol. The molecule has 0 aromatic heterocycles. The fourth-order valence-corrected chi connectivity index (χ4v) is 1.58. The molecule has 0 aliphatic heterocycles. The predicted molar refractivity (Wildman–Crippen MR) is 69.2 cm³/mol. The number of rotatable bonds is 5. The standard InChI is InChI=1S/C13H28N2O/c1-7-8-9-11(14)12(16)15(6)10(2)13(3,4)5/h10-11H,7-9,14H2,1-6H3/t10?,11-/m0/s1. The van der Waals surface area contributed by atoms with Crippen LogP contribution < -0.4 is 5.73 Å². The first-order chi connectivity index (χ1) is 7.21. The largest absolute Gasteiger partial charge is 0.341 e. The van der Waals surface area contributed by atoms with Crippen LogP contribution in [0.5, 0.6) is 0 Å². The van der Waals surface area contributed by atoms with Gasteiger partial charge in [0.2, 0.25) is 5.91 Å². The second-order valence-corrected chi connectivity index (χ2v) is 5.74. The molecule has 1 unspecified atom stereocenters. The van der Waals surface area contributed by atoms with Gasteiger partial charge in [0.05, 0.1) is 6.04 Å². The first-order valence-corrected chi connectivity index (χ1v) is 6.24. The Labute approximate surface area is 100 Å². The average molecular weight is 228 g/mol. The summed E-state index contributed by atoms with van der Waals surface area (Å²) in [5.74, 6) is 0.0656. The molecule has 96 valence electrons. The van der Waals surface area contributed by atoms with E-state index in [0.29, 0.717) is 0 Å². The van der Waals surface area contributed by atoms with Gasteiger partial charge in [0.25, 0.3) is 0 Å². The van der Waals surface area contributed by atoms with E-state index in [1.807, 2.05) is 7.05 Å². The first kappa shape index (κ1) is 15.4. The molecule has 0 aromatic rings. The topological polar surface area (TPSA) is 46.3 Å². The normalized spacial score (nSPS) is 15.7. The second kappa shape index (κ2) is 6.24. The molecule has 2 N–H and O–H groups in total. The Kier molecular flexibility index (Phi) is 6.01. The van der Waals surface area contributed by atoms with E-state index in [4.69, 9.17) is 5.73 Å². The van der Waals surface area contributed by atoms with Crippen molar-refractivity contribution in [2.24, 2.45) is 11.1 Å². The van der Waals surface area contributed by atoms with Crippen LogP contribution in [-0.4, -0.2) is 29.9 Å². The molecule has 0 saturated heterocycles. The molecule has 0 radical (unpaired) electrons. The van der Waals surface area contributed by atoms with E-state index < -0.39 is 0 Å². The van der Waals surface area contributed by atoms with Gasteiger partial charge in [-0.3, -0.25) is 4.79 Å². The Balaban J connectivity index is 4.37. The number of hydrogen-bond acceptors (Lipinski definition) is 2.